The predicted octanol–water partition coefficient (Wildman–Crippen LogP) is 4.38. The Morgan fingerprint density at radius 3 is 2.68 bits per heavy atom. The number of anilines is 1. The number of amides is 4. The Balaban J connectivity index is 1.09. The summed E-state index contributed by atoms with van der Waals surface area (Å²) in [4.78, 5) is 39.2. The van der Waals surface area contributed by atoms with Crippen LogP contribution >= 0.6 is 0 Å². The summed E-state index contributed by atoms with van der Waals surface area (Å²) in [6.45, 7) is 3.24. The van der Waals surface area contributed by atoms with Crippen molar-refractivity contribution in [2.75, 3.05) is 12.1 Å². The van der Waals surface area contributed by atoms with E-state index in [0.29, 0.717) is 17.2 Å². The molecule has 0 aliphatic carbocycles. The third kappa shape index (κ3) is 4.12. The van der Waals surface area contributed by atoms with E-state index in [1.807, 2.05) is 30.3 Å². The van der Waals surface area contributed by atoms with Crippen molar-refractivity contribution in [2.45, 2.75) is 38.9 Å². The number of aromatic nitrogens is 1. The van der Waals surface area contributed by atoms with Gasteiger partial charge in [0.15, 0.2) is 11.5 Å². The van der Waals surface area contributed by atoms with E-state index < -0.39 is 12.1 Å². The molecule has 9 heteroatoms. The number of hydrogen-bond acceptors (Lipinski definition) is 5. The molecule has 188 valence electrons. The second-order valence-corrected chi connectivity index (χ2v) is 9.19. The van der Waals surface area contributed by atoms with Gasteiger partial charge in [-0.2, -0.15) is 0 Å². The number of rotatable bonds is 7. The fourth-order valence-electron chi connectivity index (χ4n) is 5.12. The average molecular weight is 499 g/mol. The second-order valence-electron chi connectivity index (χ2n) is 9.19. The second kappa shape index (κ2) is 9.16. The molecule has 0 saturated carbocycles. The van der Waals surface area contributed by atoms with Gasteiger partial charge in [0.05, 0.1) is 6.54 Å². The Morgan fingerprint density at radius 2 is 1.81 bits per heavy atom. The van der Waals surface area contributed by atoms with E-state index in [1.165, 1.54) is 0 Å². The number of nitrogens with one attached hydrogen (secondary N) is 2. The van der Waals surface area contributed by atoms with E-state index in [9.17, 15) is 14.4 Å². The molecule has 0 bridgehead atoms. The molecule has 2 aliphatic heterocycles. The first-order valence-corrected chi connectivity index (χ1v) is 12.3. The summed E-state index contributed by atoms with van der Waals surface area (Å²) in [5.41, 5.74) is 3.72. The number of aryl methyl sites for hydroxylation is 1. The number of hydrogen-bond donors (Lipinski definition) is 2. The summed E-state index contributed by atoms with van der Waals surface area (Å²) >= 11 is 0. The predicted molar refractivity (Wildman–Crippen MR) is 138 cm³/mol. The molecular weight excluding hydrogens is 472 g/mol. The fourth-order valence-corrected chi connectivity index (χ4v) is 5.12. The summed E-state index contributed by atoms with van der Waals surface area (Å²) < 4.78 is 12.9. The number of para-hydroxylation sites is 1. The number of benzene rings is 3. The highest BCUT2D eigenvalue weighted by Crippen LogP contribution is 2.33. The van der Waals surface area contributed by atoms with Gasteiger partial charge < -0.3 is 24.7 Å². The number of urea groups is 1. The maximum Gasteiger partial charge on any atom is 0.325 e. The lowest BCUT2D eigenvalue weighted by Gasteiger charge is -2.13. The Morgan fingerprint density at radius 1 is 1.00 bits per heavy atom. The lowest BCUT2D eigenvalue weighted by Crippen LogP contribution is -2.31. The molecule has 6 rings (SSSR count). The maximum atomic E-state index is 12.9. The molecule has 1 aromatic heterocycles. The minimum atomic E-state index is -0.739. The smallest absolute Gasteiger partial charge is 0.325 e. The zero-order chi connectivity index (χ0) is 25.5. The van der Waals surface area contributed by atoms with Gasteiger partial charge >= 0.3 is 6.03 Å². The normalized spacial score (nSPS) is 16.6. The number of ether oxygens (including phenoxy) is 2. The molecule has 1 fully saturated rings. The molecule has 37 heavy (non-hydrogen) atoms. The molecule has 4 aromatic rings. The van der Waals surface area contributed by atoms with Crippen molar-refractivity contribution >= 4 is 45.3 Å². The quantitative estimate of drug-likeness (QED) is 0.368. The van der Waals surface area contributed by atoms with Crippen LogP contribution in [0.5, 0.6) is 11.5 Å². The van der Waals surface area contributed by atoms with Gasteiger partial charge in [0.25, 0.3) is 5.91 Å². The van der Waals surface area contributed by atoms with E-state index in [0.717, 1.165) is 38.8 Å². The van der Waals surface area contributed by atoms with Gasteiger partial charge in [-0.05, 0) is 55.3 Å². The van der Waals surface area contributed by atoms with E-state index >= 15 is 0 Å². The van der Waals surface area contributed by atoms with E-state index in [2.05, 4.69) is 34.3 Å². The van der Waals surface area contributed by atoms with Crippen LogP contribution in [-0.4, -0.2) is 40.1 Å². The molecule has 1 atom stereocenters. The molecule has 4 amide bonds. The molecule has 0 radical (unpaired) electrons. The zero-order valence-corrected chi connectivity index (χ0v) is 20.3. The Hall–Kier alpha value is -4.53. The first-order chi connectivity index (χ1) is 18.0. The molecule has 3 heterocycles. The molecule has 0 spiro atoms. The lowest BCUT2D eigenvalue weighted by molar-refractivity contribution is -0.128. The van der Waals surface area contributed by atoms with Gasteiger partial charge in [-0.1, -0.05) is 24.3 Å². The first-order valence-electron chi connectivity index (χ1n) is 12.3. The Bertz CT molecular complexity index is 1560. The number of fused-ring (bicyclic) bond motifs is 4. The lowest BCUT2D eigenvalue weighted by atomic mass is 10.1. The summed E-state index contributed by atoms with van der Waals surface area (Å²) in [6.07, 6.45) is 0.314. The maximum absolute atomic E-state index is 12.9. The summed E-state index contributed by atoms with van der Waals surface area (Å²) in [6, 6.07) is 18.2. The van der Waals surface area contributed by atoms with Crippen molar-refractivity contribution in [2.24, 2.45) is 0 Å². The van der Waals surface area contributed by atoms with Crippen LogP contribution in [0, 0.1) is 0 Å². The third-order valence-corrected chi connectivity index (χ3v) is 6.92. The van der Waals surface area contributed by atoms with Gasteiger partial charge in [-0.15, -0.1) is 0 Å². The van der Waals surface area contributed by atoms with Crippen molar-refractivity contribution < 1.29 is 23.9 Å². The van der Waals surface area contributed by atoms with Gasteiger partial charge in [0, 0.05) is 40.5 Å². The highest BCUT2D eigenvalue weighted by atomic mass is 16.7. The fraction of sp³-hybridized carbons (Fsp3) is 0.250. The Kier molecular flexibility index (Phi) is 5.67. The number of nitrogens with zero attached hydrogens (tertiary/aromatic N) is 2. The van der Waals surface area contributed by atoms with Crippen LogP contribution in [0.3, 0.4) is 0 Å². The van der Waals surface area contributed by atoms with Crippen LogP contribution < -0.4 is 20.1 Å². The monoisotopic (exact) mass is 498 g/mol. The van der Waals surface area contributed by atoms with E-state index in [4.69, 9.17) is 9.47 Å². The molecule has 1 saturated heterocycles. The number of carbonyl (C=O) groups is 3. The van der Waals surface area contributed by atoms with Gasteiger partial charge in [-0.3, -0.25) is 14.5 Å². The zero-order valence-electron chi connectivity index (χ0n) is 20.3. The van der Waals surface area contributed by atoms with Crippen LogP contribution in [0.25, 0.3) is 21.8 Å². The average Bonchev–Trinajstić information content (AvgIpc) is 3.57. The standard InChI is InChI=1S/C28H26N4O5/c1-2-31-22-6-4-3-5-19(22)20-14-18(8-10-23(20)31)29-26(33)12-9-21-27(34)32(28(35)30-21)15-17-7-11-24-25(13-17)37-16-36-24/h3-8,10-11,13-14,21H,2,9,12,15-16H2,1H3,(H,29,33)(H,30,35)/t21-/m1/s1. The van der Waals surface area contributed by atoms with Crippen molar-refractivity contribution in [3.63, 3.8) is 0 Å². The van der Waals surface area contributed by atoms with Crippen LogP contribution in [0.1, 0.15) is 25.3 Å². The minimum Gasteiger partial charge on any atom is -0.454 e. The molecule has 0 unspecified atom stereocenters. The van der Waals surface area contributed by atoms with Crippen LogP contribution in [0.4, 0.5) is 10.5 Å². The molecule has 9 nitrogen and oxygen atoms in total. The third-order valence-electron chi connectivity index (χ3n) is 6.92. The molecule has 2 aliphatic rings. The summed E-state index contributed by atoms with van der Waals surface area (Å²) in [5.74, 6) is 0.675. The van der Waals surface area contributed by atoms with Crippen LogP contribution in [-0.2, 0) is 22.7 Å². The van der Waals surface area contributed by atoms with Gasteiger partial charge in [0.1, 0.15) is 6.04 Å². The van der Waals surface area contributed by atoms with E-state index in [-0.39, 0.29) is 38.0 Å². The van der Waals surface area contributed by atoms with Crippen molar-refractivity contribution in [1.29, 1.82) is 0 Å². The van der Waals surface area contributed by atoms with Gasteiger partial charge in [0.2, 0.25) is 12.7 Å². The van der Waals surface area contributed by atoms with Crippen molar-refractivity contribution in [3.05, 3.63) is 66.2 Å². The highest BCUT2D eigenvalue weighted by molar-refractivity contribution is 6.10. The topological polar surface area (TPSA) is 102 Å². The van der Waals surface area contributed by atoms with Crippen molar-refractivity contribution in [3.8, 4) is 11.5 Å². The van der Waals surface area contributed by atoms with Crippen molar-refractivity contribution in [1.82, 2.24) is 14.8 Å². The van der Waals surface area contributed by atoms with Crippen LogP contribution in [0.15, 0.2) is 60.7 Å². The summed E-state index contributed by atoms with van der Waals surface area (Å²) in [5, 5.41) is 7.85. The van der Waals surface area contributed by atoms with Crippen LogP contribution in [0.2, 0.25) is 0 Å². The van der Waals surface area contributed by atoms with E-state index in [1.54, 1.807) is 18.2 Å². The number of imide groups is 1. The molecule has 2 N–H and O–H groups in total. The largest absolute Gasteiger partial charge is 0.454 e. The first kappa shape index (κ1) is 22.9. The van der Waals surface area contributed by atoms with Gasteiger partial charge in [-0.25, -0.2) is 4.79 Å². The highest BCUT2D eigenvalue weighted by Gasteiger charge is 2.38. The number of carbonyl (C=O) groups excluding carboxylic acids is 3. The Labute approximate surface area is 212 Å². The SMILES string of the molecule is CCn1c2ccccc2c2cc(NC(=O)CC[C@H]3NC(=O)N(Cc4ccc5c(c4)OCO5)C3=O)ccc21. The summed E-state index contributed by atoms with van der Waals surface area (Å²) in [7, 11) is 0. The molecular formula is C28H26N4O5. The minimum absolute atomic E-state index is 0.101. The molecule has 3 aromatic carbocycles.